The summed E-state index contributed by atoms with van der Waals surface area (Å²) in [5.41, 5.74) is 0. The molecule has 91 valence electrons. The molecule has 0 aliphatic heterocycles. The molecule has 0 unspecified atom stereocenters. The summed E-state index contributed by atoms with van der Waals surface area (Å²) in [4.78, 5) is 8.44. The number of hydrogen-bond donors (Lipinski definition) is 0. The zero-order valence-corrected chi connectivity index (χ0v) is 17.0. The Hall–Kier alpha value is 1.18. The van der Waals surface area contributed by atoms with Crippen molar-refractivity contribution >= 4 is 39.6 Å². The maximum Gasteiger partial charge on any atom is 1.00 e. The van der Waals surface area contributed by atoms with Gasteiger partial charge in [-0.3, -0.25) is 5.38 Å². The molecule has 0 bridgehead atoms. The molecule has 0 saturated carbocycles. The van der Waals surface area contributed by atoms with Gasteiger partial charge in [-0.25, -0.2) is 0 Å². The van der Waals surface area contributed by atoms with Crippen LogP contribution >= 0.6 is 11.8 Å². The first-order valence-corrected chi connectivity index (χ1v) is 18.7. The summed E-state index contributed by atoms with van der Waals surface area (Å²) >= 11 is 1.32. The largest absolute Gasteiger partial charge is 1.00 e. The first kappa shape index (κ1) is 20.5. The van der Waals surface area contributed by atoms with E-state index in [2.05, 4.69) is 70.2 Å². The third-order valence-corrected chi connectivity index (χ3v) is 5.14. The zero-order chi connectivity index (χ0) is 12.6. The second-order valence-corrected chi connectivity index (χ2v) is 20.4. The molecule has 1 aromatic carbocycles. The van der Waals surface area contributed by atoms with E-state index in [0.29, 0.717) is 0 Å². The molecule has 0 saturated heterocycles. The average Bonchev–Trinajstić information content (AvgIpc) is 2.14. The van der Waals surface area contributed by atoms with Gasteiger partial charge in [0.15, 0.2) is 0 Å². The van der Waals surface area contributed by atoms with Crippen LogP contribution in [0.25, 0.3) is 0 Å². The van der Waals surface area contributed by atoms with Crippen LogP contribution in [0.1, 0.15) is 0 Å². The van der Waals surface area contributed by atoms with Crippen molar-refractivity contribution in [2.24, 2.45) is 0 Å². The molecule has 4 heteroatoms. The molecule has 0 spiro atoms. The first-order chi connectivity index (χ1) is 7.31. The van der Waals surface area contributed by atoms with Gasteiger partial charge in [0.1, 0.15) is 0 Å². The Morgan fingerprint density at radius 2 is 1.41 bits per heavy atom. The summed E-state index contributed by atoms with van der Waals surface area (Å²) in [7, 11) is -1.00. The van der Waals surface area contributed by atoms with Gasteiger partial charge < -0.3 is 11.8 Å². The second-order valence-electron chi connectivity index (χ2n) is 5.41. The normalized spacial score (nSPS) is 10.3. The van der Waals surface area contributed by atoms with E-state index in [1.807, 2.05) is 11.8 Å². The van der Waals surface area contributed by atoms with Crippen LogP contribution in [0.3, 0.4) is 0 Å². The van der Waals surface area contributed by atoms with Gasteiger partial charge in [0, 0.05) is 0 Å². The Balaban J connectivity index is 0. The molecule has 1 aromatic rings. The number of thioether (sulfide) groups is 1. The van der Waals surface area contributed by atoms with Gasteiger partial charge in [0.25, 0.3) is 0 Å². The molecule has 0 aromatic heterocycles. The molecule has 0 nitrogen and oxygen atoms in total. The molecule has 0 heterocycles. The van der Waals surface area contributed by atoms with E-state index in [0.717, 1.165) is 0 Å². The Labute approximate surface area is 132 Å². The van der Waals surface area contributed by atoms with E-state index in [-0.39, 0.29) is 18.9 Å². The zero-order valence-electron chi connectivity index (χ0n) is 12.4. The third kappa shape index (κ3) is 17.2. The Morgan fingerprint density at radius 1 is 1.00 bits per heavy atom. The molecule has 17 heavy (non-hydrogen) atoms. The van der Waals surface area contributed by atoms with Gasteiger partial charge in [-0.2, -0.15) is 0 Å². The van der Waals surface area contributed by atoms with Gasteiger partial charge in [0.05, 0.1) is 0 Å². The van der Waals surface area contributed by atoms with Gasteiger partial charge in [-0.15, -0.1) is 0 Å². The predicted octanol–water partition coefficient (Wildman–Crippen LogP) is 2.19. The van der Waals surface area contributed by atoms with Crippen molar-refractivity contribution in [2.45, 2.75) is 39.4 Å². The topological polar surface area (TPSA) is 0 Å². The standard InChI is InChI=1S/C10H15SSi.3CH3.Li.Sn/c1-12(2,3)9-11-10-7-5-4-6-8-10;;;;;/h4-9H,1-3H3;3*1H3;;/q-1;;;;+1;. The van der Waals surface area contributed by atoms with Gasteiger partial charge >= 0.3 is 53.4 Å². The maximum absolute atomic E-state index is 2.41. The number of rotatable bonds is 3. The maximum atomic E-state index is 2.41. The summed E-state index contributed by atoms with van der Waals surface area (Å²) in [5.74, 6) is 0. The van der Waals surface area contributed by atoms with Crippen molar-refractivity contribution in [2.75, 3.05) is 0 Å². The van der Waals surface area contributed by atoms with E-state index < -0.39 is 27.8 Å². The van der Waals surface area contributed by atoms with Crippen molar-refractivity contribution in [3.63, 3.8) is 0 Å². The van der Waals surface area contributed by atoms with Gasteiger partial charge in [0.2, 0.25) is 0 Å². The fourth-order valence-electron chi connectivity index (χ4n) is 0.744. The number of benzene rings is 1. The summed E-state index contributed by atoms with van der Waals surface area (Å²) in [6.07, 6.45) is 0. The smallest absolute Gasteiger partial charge is 1.00 e. The van der Waals surface area contributed by atoms with Crippen molar-refractivity contribution in [3.05, 3.63) is 35.7 Å². The quantitative estimate of drug-likeness (QED) is 0.449. The van der Waals surface area contributed by atoms with E-state index in [4.69, 9.17) is 0 Å². The van der Waals surface area contributed by atoms with Crippen molar-refractivity contribution in [1.29, 1.82) is 0 Å². The van der Waals surface area contributed by atoms with E-state index in [1.54, 1.807) is 0 Å². The van der Waals surface area contributed by atoms with Crippen LogP contribution in [-0.4, -0.2) is 27.8 Å². The molecular weight excluding hydrogens is 342 g/mol. The van der Waals surface area contributed by atoms with Crippen molar-refractivity contribution < 1.29 is 18.9 Å². The van der Waals surface area contributed by atoms with E-state index in [1.165, 1.54) is 4.90 Å². The molecule has 0 fully saturated rings. The predicted molar refractivity (Wildman–Crippen MR) is 83.3 cm³/mol. The Morgan fingerprint density at radius 3 is 1.76 bits per heavy atom. The Bertz CT molecular complexity index is 270. The Kier molecular flexibility index (Phi) is 13.3. The summed E-state index contributed by atoms with van der Waals surface area (Å²) < 4.78 is 0. The fraction of sp³-hybridized carbons (Fsp3) is 0.462. The third-order valence-electron chi connectivity index (χ3n) is 1.29. The molecule has 0 aliphatic rings. The van der Waals surface area contributed by atoms with Crippen LogP contribution in [0, 0.1) is 5.38 Å². The summed E-state index contributed by atoms with van der Waals surface area (Å²) in [5, 5.41) is 2.41. The van der Waals surface area contributed by atoms with E-state index >= 15 is 0 Å². The molecule has 1 radical (unpaired) electrons. The van der Waals surface area contributed by atoms with Crippen LogP contribution in [0.2, 0.25) is 34.5 Å². The minimum atomic E-state index is -1.00. The SMILES string of the molecule is C[Si](C)(C)[CH-]Sc1ccccc1.[CH3][Sn]([CH3])[CH3].[Li+]. The molecule has 0 N–H and O–H groups in total. The first-order valence-electron chi connectivity index (χ1n) is 5.64. The van der Waals surface area contributed by atoms with Crippen LogP contribution in [0.15, 0.2) is 35.2 Å². The second kappa shape index (κ2) is 11.0. The van der Waals surface area contributed by atoms with Crippen molar-refractivity contribution in [3.8, 4) is 0 Å². The number of hydrogen-bond acceptors (Lipinski definition) is 1. The molecule has 0 atom stereocenters. The molecule has 1 rings (SSSR count). The molecular formula is C13H24LiSSiSn. The fourth-order valence-corrected chi connectivity index (χ4v) is 3.02. The van der Waals surface area contributed by atoms with Crippen molar-refractivity contribution in [1.82, 2.24) is 0 Å². The summed E-state index contributed by atoms with van der Waals surface area (Å²) in [6.45, 7) is 7.05. The molecule has 0 amide bonds. The molecule has 0 aliphatic carbocycles. The van der Waals surface area contributed by atoms with Gasteiger partial charge in [-0.1, -0.05) is 58.0 Å². The average molecular weight is 366 g/mol. The van der Waals surface area contributed by atoms with Crippen LogP contribution in [0.5, 0.6) is 0 Å². The van der Waals surface area contributed by atoms with Gasteiger partial charge in [-0.05, 0) is 4.90 Å². The minimum Gasteiger partial charge on any atom is 1.00 e. The van der Waals surface area contributed by atoms with Crippen LogP contribution in [0.4, 0.5) is 0 Å². The summed E-state index contributed by atoms with van der Waals surface area (Å²) in [6, 6.07) is 10.5. The van der Waals surface area contributed by atoms with Crippen LogP contribution in [-0.2, 0) is 0 Å². The van der Waals surface area contributed by atoms with Crippen LogP contribution < -0.4 is 18.9 Å². The van der Waals surface area contributed by atoms with E-state index in [9.17, 15) is 0 Å². The monoisotopic (exact) mass is 367 g/mol. The minimum absolute atomic E-state index is 0.